The summed E-state index contributed by atoms with van der Waals surface area (Å²) < 4.78 is 77.4. The molecule has 0 aliphatic carbocycles. The molecule has 0 radical (unpaired) electrons. The third-order valence-electron chi connectivity index (χ3n) is 8.14. The van der Waals surface area contributed by atoms with E-state index in [-0.39, 0.29) is 18.9 Å². The van der Waals surface area contributed by atoms with Crippen LogP contribution < -0.4 is 19.3 Å². The molecule has 2 unspecified atom stereocenters. The third-order valence-corrected chi connectivity index (χ3v) is 11.6. The van der Waals surface area contributed by atoms with Crippen molar-refractivity contribution in [3.63, 3.8) is 0 Å². The first-order chi connectivity index (χ1) is 23.0. The summed E-state index contributed by atoms with van der Waals surface area (Å²) in [5, 5.41) is 8.12. The molecule has 0 fully saturated rings. The molecule has 10 nitrogen and oxygen atoms in total. The molecule has 14 heteroatoms. The number of rotatable bonds is 14. The standard InChI is InChI=1S/C34H36N2O8S4/c1-3-24(19-34-36(13-17-47(37,38)39)30-21-26(7-9-32(30)44-34)28-11-15-46-23-28)18-33-35(12-5-16-48(40,41)42-4-2)29-20-25(6-8-31(29)43-33)27-10-14-45-22-27/h6-11,14-15,18-23,34H,3-5,12-13,16-17H2,1-2H3,(H,37,38,39)/b24-19+,33-18-. The van der Waals surface area contributed by atoms with Crippen molar-refractivity contribution in [3.05, 3.63) is 93.7 Å². The van der Waals surface area contributed by atoms with Crippen molar-refractivity contribution in [1.82, 2.24) is 0 Å². The van der Waals surface area contributed by atoms with E-state index in [1.807, 2.05) is 88.6 Å². The number of fused-ring (bicyclic) bond motifs is 2. The van der Waals surface area contributed by atoms with Crippen LogP contribution in [-0.2, 0) is 24.4 Å². The zero-order chi connectivity index (χ0) is 33.9. The molecular formula is C34H36N2O8S4. The smallest absolute Gasteiger partial charge is 0.267 e. The summed E-state index contributed by atoms with van der Waals surface area (Å²) >= 11 is 3.20. The maximum Gasteiger partial charge on any atom is 0.267 e. The molecule has 2 aromatic carbocycles. The van der Waals surface area contributed by atoms with E-state index in [2.05, 4.69) is 5.38 Å². The fraction of sp³-hybridized carbons (Fsp3) is 0.294. The van der Waals surface area contributed by atoms with Crippen LogP contribution in [0.25, 0.3) is 22.3 Å². The molecule has 0 saturated carbocycles. The molecule has 0 amide bonds. The van der Waals surface area contributed by atoms with Gasteiger partial charge >= 0.3 is 0 Å². The van der Waals surface area contributed by atoms with Crippen LogP contribution in [0.2, 0.25) is 0 Å². The van der Waals surface area contributed by atoms with Gasteiger partial charge in [-0.05, 0) is 99.4 Å². The fourth-order valence-electron chi connectivity index (χ4n) is 5.81. The minimum absolute atomic E-state index is 0.0361. The van der Waals surface area contributed by atoms with Crippen molar-refractivity contribution in [2.75, 3.05) is 36.1 Å². The van der Waals surface area contributed by atoms with Gasteiger partial charge in [-0.25, -0.2) is 8.42 Å². The molecule has 254 valence electrons. The molecule has 6 rings (SSSR count). The molecule has 2 aromatic heterocycles. The van der Waals surface area contributed by atoms with Gasteiger partial charge < -0.3 is 18.9 Å². The number of thiophene rings is 2. The van der Waals surface area contributed by atoms with Gasteiger partial charge in [0, 0.05) is 24.8 Å². The molecule has 2 aliphatic rings. The van der Waals surface area contributed by atoms with Gasteiger partial charge in [0.1, 0.15) is 10.1 Å². The lowest BCUT2D eigenvalue weighted by Gasteiger charge is -2.20. The first kappa shape index (κ1) is 34.4. The number of benzene rings is 2. The quantitative estimate of drug-likeness (QED) is 0.128. The monoisotopic (exact) mass is 728 g/mol. The normalized spacial score (nSPS) is 18.5. The van der Waals surface area contributed by atoms with Crippen LogP contribution in [0, 0.1) is 0 Å². The Labute approximate surface area is 289 Å². The summed E-state index contributed by atoms with van der Waals surface area (Å²) in [6, 6.07) is 15.9. The lowest BCUT2D eigenvalue weighted by molar-refractivity contribution is -0.859. The molecule has 0 spiro atoms. The maximum atomic E-state index is 12.3. The van der Waals surface area contributed by atoms with Gasteiger partial charge in [0.2, 0.25) is 5.88 Å². The average molecular weight is 729 g/mol. The Morgan fingerprint density at radius 1 is 0.938 bits per heavy atom. The van der Waals surface area contributed by atoms with Gasteiger partial charge in [-0.2, -0.15) is 31.1 Å². The minimum atomic E-state index is -4.46. The van der Waals surface area contributed by atoms with Crippen LogP contribution in [0.5, 0.6) is 11.5 Å². The first-order valence-corrected chi connectivity index (χ1v) is 20.6. The molecule has 1 N–H and O–H groups in total. The molecule has 0 saturated heterocycles. The molecule has 0 bridgehead atoms. The highest BCUT2D eigenvalue weighted by Gasteiger charge is 2.36. The topological polar surface area (TPSA) is 127 Å². The fourth-order valence-corrected chi connectivity index (χ4v) is 8.57. The van der Waals surface area contributed by atoms with Crippen molar-refractivity contribution in [3.8, 4) is 33.8 Å². The number of ether oxygens (including phenoxy) is 2. The summed E-state index contributed by atoms with van der Waals surface area (Å²) in [4.78, 5) is 2.70. The van der Waals surface area contributed by atoms with Crippen LogP contribution in [0.3, 0.4) is 0 Å². The molecule has 2 atom stereocenters. The van der Waals surface area contributed by atoms with Crippen LogP contribution in [0.1, 0.15) is 26.7 Å². The van der Waals surface area contributed by atoms with Gasteiger partial charge in [0.25, 0.3) is 16.3 Å². The number of nitrogens with one attached hydrogen (secondary N) is 1. The molecule has 4 heterocycles. The van der Waals surface area contributed by atoms with Crippen LogP contribution >= 0.6 is 22.7 Å². The highest BCUT2D eigenvalue weighted by atomic mass is 32.2. The van der Waals surface area contributed by atoms with E-state index in [9.17, 15) is 21.4 Å². The predicted octanol–water partition coefficient (Wildman–Crippen LogP) is 5.76. The third kappa shape index (κ3) is 8.03. The van der Waals surface area contributed by atoms with Crippen molar-refractivity contribution in [2.24, 2.45) is 0 Å². The summed E-state index contributed by atoms with van der Waals surface area (Å²) in [7, 11) is -8.11. The Morgan fingerprint density at radius 3 is 2.25 bits per heavy atom. The minimum Gasteiger partial charge on any atom is -0.748 e. The van der Waals surface area contributed by atoms with Crippen molar-refractivity contribution < 1.29 is 39.9 Å². The molecule has 48 heavy (non-hydrogen) atoms. The second-order valence-electron chi connectivity index (χ2n) is 11.3. The van der Waals surface area contributed by atoms with Gasteiger partial charge in [-0.15, -0.1) is 0 Å². The van der Waals surface area contributed by atoms with Crippen LogP contribution in [-0.4, -0.2) is 58.8 Å². The lowest BCUT2D eigenvalue weighted by Crippen LogP contribution is -3.10. The predicted molar refractivity (Wildman–Crippen MR) is 188 cm³/mol. The summed E-state index contributed by atoms with van der Waals surface area (Å²) in [5.74, 6) is 1.14. The molecule has 4 aromatic rings. The number of hydrogen-bond donors (Lipinski definition) is 1. The highest BCUT2D eigenvalue weighted by molar-refractivity contribution is 7.86. The van der Waals surface area contributed by atoms with Crippen LogP contribution in [0.15, 0.2) is 93.7 Å². The Balaban J connectivity index is 1.32. The first-order valence-electron chi connectivity index (χ1n) is 15.6. The Morgan fingerprint density at radius 2 is 1.62 bits per heavy atom. The number of quaternary nitrogens is 1. The highest BCUT2D eigenvalue weighted by Crippen LogP contribution is 2.42. The van der Waals surface area contributed by atoms with Gasteiger partial charge in [-0.1, -0.05) is 19.1 Å². The summed E-state index contributed by atoms with van der Waals surface area (Å²) in [6.07, 6.45) is 4.16. The summed E-state index contributed by atoms with van der Waals surface area (Å²) in [5.41, 5.74) is 6.60. The zero-order valence-corrected chi connectivity index (χ0v) is 29.7. The lowest BCUT2D eigenvalue weighted by atomic mass is 10.1. The van der Waals surface area contributed by atoms with E-state index < -0.39 is 32.2 Å². The zero-order valence-electron chi connectivity index (χ0n) is 26.5. The maximum absolute atomic E-state index is 12.3. The van der Waals surface area contributed by atoms with Gasteiger partial charge in [0.05, 0.1) is 30.3 Å². The van der Waals surface area contributed by atoms with E-state index in [4.69, 9.17) is 13.7 Å². The van der Waals surface area contributed by atoms with Crippen LogP contribution in [0.4, 0.5) is 11.4 Å². The van der Waals surface area contributed by atoms with E-state index in [0.717, 1.165) is 44.1 Å². The van der Waals surface area contributed by atoms with E-state index in [1.54, 1.807) is 29.6 Å². The largest absolute Gasteiger partial charge is 0.748 e. The second kappa shape index (κ2) is 14.5. The number of anilines is 1. The Hall–Kier alpha value is -3.50. The second-order valence-corrected chi connectivity index (χ2v) is 16.2. The number of nitrogens with zero attached hydrogens (tertiary/aromatic N) is 1. The van der Waals surface area contributed by atoms with Crippen molar-refractivity contribution >= 4 is 54.3 Å². The number of hydrogen-bond acceptors (Lipinski definition) is 11. The van der Waals surface area contributed by atoms with Gasteiger partial charge in [0.15, 0.2) is 17.2 Å². The molecular weight excluding hydrogens is 693 g/mol. The Bertz CT molecular complexity index is 2020. The summed E-state index contributed by atoms with van der Waals surface area (Å²) in [6.45, 7) is 4.13. The SMILES string of the molecule is CCOS(=O)(=O)CCCN1/C(=C/C(=C/C2Oc3ccc(-c4ccsc4)cc3[NH+]2CCS(=O)(=O)[O-])CC)Oc2ccc(-c3ccsc3)cc21. The number of allylic oxidation sites excluding steroid dienone is 2. The molecule has 2 aliphatic heterocycles. The van der Waals surface area contributed by atoms with Crippen molar-refractivity contribution in [1.29, 1.82) is 0 Å². The average Bonchev–Trinajstić information content (AvgIpc) is 3.86. The van der Waals surface area contributed by atoms with Crippen molar-refractivity contribution in [2.45, 2.75) is 32.9 Å². The van der Waals surface area contributed by atoms with E-state index in [1.165, 1.54) is 0 Å². The van der Waals surface area contributed by atoms with Gasteiger partial charge in [-0.3, -0.25) is 9.08 Å². The van der Waals surface area contributed by atoms with E-state index in [0.29, 0.717) is 36.8 Å². The van der Waals surface area contributed by atoms with E-state index >= 15 is 0 Å². The Kier molecular flexibility index (Phi) is 10.4.